The van der Waals surface area contributed by atoms with Crippen molar-refractivity contribution in [2.75, 3.05) is 0 Å². The van der Waals surface area contributed by atoms with Gasteiger partial charge >= 0.3 is 5.97 Å². The molecule has 0 atom stereocenters. The lowest BCUT2D eigenvalue weighted by atomic mass is 9.83. The molecule has 3 N–H and O–H groups in total. The van der Waals surface area contributed by atoms with Gasteiger partial charge in [0.1, 0.15) is 5.01 Å². The van der Waals surface area contributed by atoms with Crippen LogP contribution in [0.3, 0.4) is 0 Å². The van der Waals surface area contributed by atoms with Crippen LogP contribution in [0.4, 0.5) is 0 Å². The van der Waals surface area contributed by atoms with E-state index in [0.717, 1.165) is 30.7 Å². The minimum absolute atomic E-state index is 0.00736. The zero-order chi connectivity index (χ0) is 11.6. The minimum atomic E-state index is -0.841. The zero-order valence-corrected chi connectivity index (χ0v) is 9.92. The topological polar surface area (TPSA) is 76.2 Å². The first-order valence-corrected chi connectivity index (χ1v) is 6.44. The van der Waals surface area contributed by atoms with E-state index in [1.54, 1.807) is 0 Å². The van der Waals surface area contributed by atoms with Gasteiger partial charge in [-0.2, -0.15) is 0 Å². The molecule has 0 bridgehead atoms. The molecule has 1 aliphatic rings. The fourth-order valence-corrected chi connectivity index (χ4v) is 3.16. The number of hydrogen-bond acceptors (Lipinski definition) is 4. The molecule has 0 aliphatic heterocycles. The lowest BCUT2D eigenvalue weighted by molar-refractivity contribution is -0.136. The van der Waals surface area contributed by atoms with Crippen molar-refractivity contribution in [3.05, 3.63) is 16.1 Å². The second-order valence-electron chi connectivity index (χ2n) is 4.43. The summed E-state index contributed by atoms with van der Waals surface area (Å²) in [6.07, 6.45) is 5.45. The summed E-state index contributed by atoms with van der Waals surface area (Å²) in [6.45, 7) is 0. The van der Waals surface area contributed by atoms with Gasteiger partial charge in [-0.05, 0) is 12.8 Å². The highest BCUT2D eigenvalue weighted by Crippen LogP contribution is 2.36. The van der Waals surface area contributed by atoms with Crippen molar-refractivity contribution in [2.45, 2.75) is 44.1 Å². The van der Waals surface area contributed by atoms with E-state index in [2.05, 4.69) is 4.98 Å². The van der Waals surface area contributed by atoms with Gasteiger partial charge in [-0.3, -0.25) is 4.79 Å². The lowest BCUT2D eigenvalue weighted by Gasteiger charge is -2.31. The predicted molar refractivity (Wildman–Crippen MR) is 62.4 cm³/mol. The van der Waals surface area contributed by atoms with Crippen molar-refractivity contribution in [1.82, 2.24) is 4.98 Å². The molecule has 16 heavy (non-hydrogen) atoms. The number of carboxylic acid groups (broad SMARTS) is 1. The van der Waals surface area contributed by atoms with Gasteiger partial charge < -0.3 is 10.8 Å². The van der Waals surface area contributed by atoms with Gasteiger partial charge in [0.05, 0.1) is 17.7 Å². The molecule has 1 heterocycles. The maximum absolute atomic E-state index is 10.6. The number of aromatic nitrogens is 1. The molecule has 5 heteroatoms. The Kier molecular flexibility index (Phi) is 3.25. The second kappa shape index (κ2) is 4.51. The molecule has 0 aromatic carbocycles. The lowest BCUT2D eigenvalue weighted by Crippen LogP contribution is -2.38. The Labute approximate surface area is 98.5 Å². The summed E-state index contributed by atoms with van der Waals surface area (Å²) in [5.74, 6) is -0.841. The number of carbonyl (C=O) groups is 1. The first-order valence-electron chi connectivity index (χ1n) is 5.56. The van der Waals surface area contributed by atoms with Gasteiger partial charge in [-0.15, -0.1) is 11.3 Å². The van der Waals surface area contributed by atoms with E-state index in [9.17, 15) is 4.79 Å². The van der Waals surface area contributed by atoms with Crippen molar-refractivity contribution in [3.8, 4) is 0 Å². The quantitative estimate of drug-likeness (QED) is 0.846. The largest absolute Gasteiger partial charge is 0.481 e. The van der Waals surface area contributed by atoms with Crippen molar-refractivity contribution < 1.29 is 9.90 Å². The molecule has 1 saturated carbocycles. The average Bonchev–Trinajstić information content (AvgIpc) is 2.67. The van der Waals surface area contributed by atoms with Gasteiger partial charge in [-0.25, -0.2) is 4.98 Å². The van der Waals surface area contributed by atoms with Crippen LogP contribution in [-0.4, -0.2) is 16.1 Å². The Morgan fingerprint density at radius 1 is 1.50 bits per heavy atom. The number of hydrogen-bond donors (Lipinski definition) is 2. The third-order valence-corrected chi connectivity index (χ3v) is 4.17. The van der Waals surface area contributed by atoms with E-state index in [0.29, 0.717) is 5.69 Å². The summed E-state index contributed by atoms with van der Waals surface area (Å²) in [5.41, 5.74) is 6.65. The summed E-state index contributed by atoms with van der Waals surface area (Å²) < 4.78 is 0. The molecule has 0 amide bonds. The average molecular weight is 240 g/mol. The van der Waals surface area contributed by atoms with Crippen LogP contribution in [0.1, 0.15) is 42.8 Å². The predicted octanol–water partition coefficient (Wildman–Crippen LogP) is 1.89. The van der Waals surface area contributed by atoms with Gasteiger partial charge in [0.25, 0.3) is 0 Å². The number of thiazole rings is 1. The van der Waals surface area contributed by atoms with Crippen LogP contribution in [0.15, 0.2) is 5.38 Å². The molecular formula is C11H16N2O2S. The molecule has 0 saturated heterocycles. The summed E-state index contributed by atoms with van der Waals surface area (Å²) in [6, 6.07) is 0. The summed E-state index contributed by atoms with van der Waals surface area (Å²) in [4.78, 5) is 14.9. The summed E-state index contributed by atoms with van der Waals surface area (Å²) in [5, 5.41) is 11.4. The second-order valence-corrected chi connectivity index (χ2v) is 5.29. The monoisotopic (exact) mass is 240 g/mol. The summed E-state index contributed by atoms with van der Waals surface area (Å²) >= 11 is 1.50. The highest BCUT2D eigenvalue weighted by atomic mass is 32.1. The number of aliphatic carboxylic acids is 1. The van der Waals surface area contributed by atoms with Crippen molar-refractivity contribution in [2.24, 2.45) is 5.73 Å². The zero-order valence-electron chi connectivity index (χ0n) is 9.11. The van der Waals surface area contributed by atoms with Crippen molar-refractivity contribution >= 4 is 17.3 Å². The molecule has 0 radical (unpaired) electrons. The molecule has 88 valence electrons. The Hall–Kier alpha value is -0.940. The van der Waals surface area contributed by atoms with Crippen LogP contribution in [0.2, 0.25) is 0 Å². The molecule has 1 aromatic heterocycles. The van der Waals surface area contributed by atoms with Crippen LogP contribution in [0, 0.1) is 0 Å². The van der Waals surface area contributed by atoms with Crippen LogP contribution in [0.25, 0.3) is 0 Å². The first kappa shape index (κ1) is 11.5. The number of carboxylic acids is 1. The Morgan fingerprint density at radius 3 is 2.81 bits per heavy atom. The Balaban J connectivity index is 2.13. The number of nitrogens with zero attached hydrogens (tertiary/aromatic N) is 1. The Bertz CT molecular complexity index is 383. The molecule has 1 aliphatic carbocycles. The molecule has 2 rings (SSSR count). The van der Waals surface area contributed by atoms with Crippen molar-refractivity contribution in [3.63, 3.8) is 0 Å². The fraction of sp³-hybridized carbons (Fsp3) is 0.636. The summed E-state index contributed by atoms with van der Waals surface area (Å²) in [7, 11) is 0. The molecule has 4 nitrogen and oxygen atoms in total. The van der Waals surface area contributed by atoms with E-state index in [4.69, 9.17) is 10.8 Å². The van der Waals surface area contributed by atoms with Crippen LogP contribution in [-0.2, 0) is 16.8 Å². The van der Waals surface area contributed by atoms with Crippen LogP contribution >= 0.6 is 11.3 Å². The van der Waals surface area contributed by atoms with Gasteiger partial charge in [0, 0.05) is 5.38 Å². The van der Waals surface area contributed by atoms with Crippen LogP contribution in [0.5, 0.6) is 0 Å². The Morgan fingerprint density at radius 2 is 2.19 bits per heavy atom. The smallest absolute Gasteiger partial charge is 0.309 e. The molecule has 1 aromatic rings. The molecule has 0 unspecified atom stereocenters. The van der Waals surface area contributed by atoms with Gasteiger partial charge in [0.2, 0.25) is 0 Å². The molecule has 0 spiro atoms. The van der Waals surface area contributed by atoms with E-state index in [1.165, 1.54) is 17.8 Å². The minimum Gasteiger partial charge on any atom is -0.481 e. The highest BCUT2D eigenvalue weighted by Gasteiger charge is 2.32. The first-order chi connectivity index (χ1) is 7.60. The standard InChI is InChI=1S/C11H16N2O2S/c12-11(4-2-1-3-5-11)10-13-8(7-16-10)6-9(14)15/h7H,1-6,12H2,(H,14,15). The van der Waals surface area contributed by atoms with Gasteiger partial charge in [-0.1, -0.05) is 19.3 Å². The third kappa shape index (κ3) is 2.41. The maximum atomic E-state index is 10.6. The fourth-order valence-electron chi connectivity index (χ4n) is 2.17. The normalized spacial score (nSPS) is 19.6. The van der Waals surface area contributed by atoms with E-state index < -0.39 is 5.97 Å². The maximum Gasteiger partial charge on any atom is 0.309 e. The molecule has 1 fully saturated rings. The van der Waals surface area contributed by atoms with E-state index in [-0.39, 0.29) is 12.0 Å². The van der Waals surface area contributed by atoms with E-state index in [1.807, 2.05) is 5.38 Å². The molecular weight excluding hydrogens is 224 g/mol. The highest BCUT2D eigenvalue weighted by molar-refractivity contribution is 7.09. The van der Waals surface area contributed by atoms with Crippen molar-refractivity contribution in [1.29, 1.82) is 0 Å². The third-order valence-electron chi connectivity index (χ3n) is 3.06. The SMILES string of the molecule is NC1(c2nc(CC(=O)O)cs2)CCCCC1. The van der Waals surface area contributed by atoms with Crippen LogP contribution < -0.4 is 5.73 Å². The number of rotatable bonds is 3. The van der Waals surface area contributed by atoms with E-state index >= 15 is 0 Å². The number of nitrogens with two attached hydrogens (primary N) is 1. The van der Waals surface area contributed by atoms with Gasteiger partial charge in [0.15, 0.2) is 0 Å².